The number of nitrogens with one attached hydrogen (secondary N) is 1. The van der Waals surface area contributed by atoms with E-state index in [1.54, 1.807) is 0 Å². The van der Waals surface area contributed by atoms with Gasteiger partial charge in [-0.2, -0.15) is 5.10 Å². The lowest BCUT2D eigenvalue weighted by Crippen LogP contribution is -2.48. The van der Waals surface area contributed by atoms with Gasteiger partial charge in [-0.25, -0.2) is 9.97 Å². The number of hydrogen-bond acceptors (Lipinski definition) is 5. The molecule has 1 N–H and O–H groups in total. The minimum absolute atomic E-state index is 0.00418. The SMILES string of the molecule is Cc1[nH]nc(CCC(=O)N2CCCC3(CCc4cnc(N(C)C)nc43)C2)c1C. The van der Waals surface area contributed by atoms with Crippen molar-refractivity contribution < 1.29 is 4.79 Å². The Morgan fingerprint density at radius 2 is 2.14 bits per heavy atom. The highest BCUT2D eigenvalue weighted by atomic mass is 16.2. The maximum Gasteiger partial charge on any atom is 0.225 e. The Balaban J connectivity index is 1.49. The van der Waals surface area contributed by atoms with E-state index in [1.165, 1.54) is 16.8 Å². The van der Waals surface area contributed by atoms with Gasteiger partial charge in [0.05, 0.1) is 11.4 Å². The third-order valence-corrected chi connectivity index (χ3v) is 6.49. The molecule has 0 bridgehead atoms. The zero-order valence-electron chi connectivity index (χ0n) is 17.4. The minimum atomic E-state index is -0.00418. The molecule has 1 aliphatic carbocycles. The molecule has 1 fully saturated rings. The average Bonchev–Trinajstić information content (AvgIpc) is 3.20. The van der Waals surface area contributed by atoms with Crippen LogP contribution in [-0.2, 0) is 23.1 Å². The fourth-order valence-corrected chi connectivity index (χ4v) is 4.65. The highest BCUT2D eigenvalue weighted by Crippen LogP contribution is 2.44. The van der Waals surface area contributed by atoms with Crippen molar-refractivity contribution in [3.05, 3.63) is 34.4 Å². The minimum Gasteiger partial charge on any atom is -0.347 e. The summed E-state index contributed by atoms with van der Waals surface area (Å²) in [6.45, 7) is 5.71. The zero-order chi connectivity index (χ0) is 19.9. The number of H-pyrrole nitrogens is 1. The van der Waals surface area contributed by atoms with E-state index in [9.17, 15) is 4.79 Å². The van der Waals surface area contributed by atoms with Crippen molar-refractivity contribution in [3.8, 4) is 0 Å². The summed E-state index contributed by atoms with van der Waals surface area (Å²) in [6, 6.07) is 0. The van der Waals surface area contributed by atoms with Crippen LogP contribution in [0.2, 0.25) is 0 Å². The number of aryl methyl sites for hydroxylation is 3. The number of fused-ring (bicyclic) bond motifs is 2. The predicted molar refractivity (Wildman–Crippen MR) is 109 cm³/mol. The lowest BCUT2D eigenvalue weighted by Gasteiger charge is -2.40. The van der Waals surface area contributed by atoms with Crippen LogP contribution in [0, 0.1) is 13.8 Å². The van der Waals surface area contributed by atoms with Crippen molar-refractivity contribution in [2.45, 2.75) is 57.8 Å². The van der Waals surface area contributed by atoms with E-state index in [-0.39, 0.29) is 11.3 Å². The van der Waals surface area contributed by atoms with Gasteiger partial charge in [-0.15, -0.1) is 0 Å². The van der Waals surface area contributed by atoms with Gasteiger partial charge in [-0.3, -0.25) is 9.89 Å². The van der Waals surface area contributed by atoms with Gasteiger partial charge in [0.15, 0.2) is 0 Å². The summed E-state index contributed by atoms with van der Waals surface area (Å²) in [5.74, 6) is 0.988. The first-order valence-corrected chi connectivity index (χ1v) is 10.2. The molecule has 0 radical (unpaired) electrons. The van der Waals surface area contributed by atoms with Crippen LogP contribution in [0.25, 0.3) is 0 Å². The monoisotopic (exact) mass is 382 g/mol. The van der Waals surface area contributed by atoms with Crippen molar-refractivity contribution in [1.29, 1.82) is 0 Å². The van der Waals surface area contributed by atoms with E-state index in [0.717, 1.165) is 56.1 Å². The third kappa shape index (κ3) is 3.27. The van der Waals surface area contributed by atoms with Crippen LogP contribution in [0.1, 0.15) is 53.9 Å². The highest BCUT2D eigenvalue weighted by molar-refractivity contribution is 5.76. The topological polar surface area (TPSA) is 78.0 Å². The van der Waals surface area contributed by atoms with Crippen LogP contribution < -0.4 is 4.90 Å². The first kappa shape index (κ1) is 18.9. The Morgan fingerprint density at radius 1 is 1.32 bits per heavy atom. The quantitative estimate of drug-likeness (QED) is 0.878. The van der Waals surface area contributed by atoms with Crippen LogP contribution in [0.3, 0.4) is 0 Å². The molecule has 4 rings (SSSR count). The van der Waals surface area contributed by atoms with E-state index in [1.807, 2.05) is 32.1 Å². The first-order valence-electron chi connectivity index (χ1n) is 10.2. The Kier molecular flexibility index (Phi) is 4.85. The molecule has 1 atom stereocenters. The van der Waals surface area contributed by atoms with Crippen molar-refractivity contribution >= 4 is 11.9 Å². The largest absolute Gasteiger partial charge is 0.347 e. The molecule has 7 nitrogen and oxygen atoms in total. The Bertz CT molecular complexity index is 885. The standard InChI is InChI=1S/C21H30N6O/c1-14-15(2)24-25-17(14)6-7-18(28)27-11-5-9-21(13-27)10-8-16-12-22-20(26(3)4)23-19(16)21/h12H,5-11,13H2,1-4H3,(H,24,25). The average molecular weight is 383 g/mol. The van der Waals surface area contributed by atoms with Gasteiger partial charge in [-0.05, 0) is 50.7 Å². The summed E-state index contributed by atoms with van der Waals surface area (Å²) in [5, 5.41) is 7.35. The van der Waals surface area contributed by atoms with E-state index in [0.29, 0.717) is 12.8 Å². The molecule has 0 saturated carbocycles. The number of nitrogens with zero attached hydrogens (tertiary/aromatic N) is 5. The second-order valence-electron chi connectivity index (χ2n) is 8.56. The Labute approximate surface area is 166 Å². The lowest BCUT2D eigenvalue weighted by molar-refractivity contribution is -0.133. The summed E-state index contributed by atoms with van der Waals surface area (Å²) >= 11 is 0. The van der Waals surface area contributed by atoms with Crippen molar-refractivity contribution in [2.24, 2.45) is 0 Å². The second-order valence-corrected chi connectivity index (χ2v) is 8.56. The second kappa shape index (κ2) is 7.18. The predicted octanol–water partition coefficient (Wildman–Crippen LogP) is 2.32. The number of aromatic amines is 1. The maximum atomic E-state index is 13.0. The molecule has 28 heavy (non-hydrogen) atoms. The smallest absolute Gasteiger partial charge is 0.225 e. The molecule has 1 aliphatic heterocycles. The fraction of sp³-hybridized carbons (Fsp3) is 0.619. The number of aromatic nitrogens is 4. The molecule has 2 aromatic heterocycles. The van der Waals surface area contributed by atoms with Crippen LogP contribution in [0.4, 0.5) is 5.95 Å². The van der Waals surface area contributed by atoms with Crippen LogP contribution >= 0.6 is 0 Å². The number of rotatable bonds is 4. The van der Waals surface area contributed by atoms with Gasteiger partial charge < -0.3 is 9.80 Å². The van der Waals surface area contributed by atoms with Gasteiger partial charge in [0.1, 0.15) is 0 Å². The number of carbonyl (C=O) groups is 1. The summed E-state index contributed by atoms with van der Waals surface area (Å²) in [6.07, 6.45) is 7.41. The molecule has 1 amide bonds. The number of anilines is 1. The molecular formula is C21H30N6O. The summed E-state index contributed by atoms with van der Waals surface area (Å²) < 4.78 is 0. The summed E-state index contributed by atoms with van der Waals surface area (Å²) in [7, 11) is 3.94. The van der Waals surface area contributed by atoms with Gasteiger partial charge >= 0.3 is 0 Å². The molecule has 1 spiro atoms. The van der Waals surface area contributed by atoms with E-state index < -0.39 is 0 Å². The zero-order valence-corrected chi connectivity index (χ0v) is 17.4. The summed E-state index contributed by atoms with van der Waals surface area (Å²) in [5.41, 5.74) is 5.67. The number of hydrogen-bond donors (Lipinski definition) is 1. The van der Waals surface area contributed by atoms with Crippen LogP contribution in [-0.4, -0.2) is 58.2 Å². The van der Waals surface area contributed by atoms with Crippen molar-refractivity contribution in [1.82, 2.24) is 25.1 Å². The maximum absolute atomic E-state index is 13.0. The van der Waals surface area contributed by atoms with Gasteiger partial charge in [0, 0.05) is 57.3 Å². The molecule has 3 heterocycles. The van der Waals surface area contributed by atoms with Crippen LogP contribution in [0.5, 0.6) is 0 Å². The normalized spacial score (nSPS) is 21.2. The van der Waals surface area contributed by atoms with Gasteiger partial charge in [-0.1, -0.05) is 0 Å². The first-order chi connectivity index (χ1) is 13.4. The number of carbonyl (C=O) groups excluding carboxylic acids is 1. The molecule has 0 aromatic carbocycles. The van der Waals surface area contributed by atoms with E-state index in [4.69, 9.17) is 4.98 Å². The highest BCUT2D eigenvalue weighted by Gasteiger charge is 2.44. The van der Waals surface area contributed by atoms with Gasteiger partial charge in [0.25, 0.3) is 0 Å². The molecule has 1 unspecified atom stereocenters. The molecular weight excluding hydrogens is 352 g/mol. The third-order valence-electron chi connectivity index (χ3n) is 6.49. The van der Waals surface area contributed by atoms with Crippen molar-refractivity contribution in [3.63, 3.8) is 0 Å². The van der Waals surface area contributed by atoms with Crippen molar-refractivity contribution in [2.75, 3.05) is 32.1 Å². The fourth-order valence-electron chi connectivity index (χ4n) is 4.65. The Hall–Kier alpha value is -2.44. The van der Waals surface area contributed by atoms with Crippen LogP contribution in [0.15, 0.2) is 6.20 Å². The molecule has 7 heteroatoms. The van der Waals surface area contributed by atoms with Gasteiger partial charge in [0.2, 0.25) is 11.9 Å². The number of piperidine rings is 1. The molecule has 2 aromatic rings. The van der Waals surface area contributed by atoms with E-state index in [2.05, 4.69) is 27.0 Å². The molecule has 1 saturated heterocycles. The molecule has 2 aliphatic rings. The van der Waals surface area contributed by atoms with E-state index >= 15 is 0 Å². The molecule has 150 valence electrons. The Morgan fingerprint density at radius 3 is 2.86 bits per heavy atom. The summed E-state index contributed by atoms with van der Waals surface area (Å²) in [4.78, 5) is 26.3. The number of likely N-dealkylation sites (tertiary alicyclic amines) is 1. The lowest BCUT2D eigenvalue weighted by atomic mass is 9.77. The number of amides is 1.